The Bertz CT molecular complexity index is 1390. The van der Waals surface area contributed by atoms with Gasteiger partial charge in [0, 0.05) is 33.6 Å². The number of anilines is 2. The first kappa shape index (κ1) is 25.0. The van der Waals surface area contributed by atoms with Crippen molar-refractivity contribution in [2.75, 3.05) is 11.5 Å². The summed E-state index contributed by atoms with van der Waals surface area (Å²) >= 11 is 0. The monoisotopic (exact) mass is 490 g/mol. The minimum absolute atomic E-state index is 0.0561. The molecule has 0 aliphatic carbocycles. The van der Waals surface area contributed by atoms with Crippen LogP contribution in [0, 0.1) is 0 Å². The van der Waals surface area contributed by atoms with Crippen molar-refractivity contribution in [1.29, 1.82) is 0 Å². The minimum Gasteiger partial charge on any atom is -0.507 e. The van der Waals surface area contributed by atoms with Crippen molar-refractivity contribution < 1.29 is 19.8 Å². The molecular weight excluding hydrogens is 464 g/mol. The molecule has 0 amide bonds. The Morgan fingerprint density at radius 1 is 0.595 bits per heavy atom. The zero-order valence-electron chi connectivity index (χ0n) is 20.0. The predicted octanol–water partition coefficient (Wildman–Crippen LogP) is 5.65. The summed E-state index contributed by atoms with van der Waals surface area (Å²) in [6.45, 7) is 0. The van der Waals surface area contributed by atoms with E-state index in [0.29, 0.717) is 40.0 Å². The van der Waals surface area contributed by atoms with Gasteiger partial charge in [-0.2, -0.15) is 0 Å². The zero-order valence-corrected chi connectivity index (χ0v) is 20.0. The summed E-state index contributed by atoms with van der Waals surface area (Å²) in [5, 5.41) is 20.5. The molecule has 0 radical (unpaired) electrons. The number of carbonyl (C=O) groups is 2. The van der Waals surface area contributed by atoms with Gasteiger partial charge >= 0.3 is 0 Å². The highest BCUT2D eigenvalue weighted by Crippen LogP contribution is 2.25. The van der Waals surface area contributed by atoms with Gasteiger partial charge in [-0.25, -0.2) is 0 Å². The van der Waals surface area contributed by atoms with Crippen LogP contribution in [-0.2, 0) is 6.42 Å². The number of nitrogens with two attached hydrogens (primary N) is 2. The summed E-state index contributed by atoms with van der Waals surface area (Å²) < 4.78 is 0. The third-order valence-electron chi connectivity index (χ3n) is 5.81. The van der Waals surface area contributed by atoms with E-state index in [9.17, 15) is 19.8 Å². The van der Waals surface area contributed by atoms with Gasteiger partial charge in [0.1, 0.15) is 11.5 Å². The van der Waals surface area contributed by atoms with E-state index in [4.69, 9.17) is 11.5 Å². The highest BCUT2D eigenvalue weighted by atomic mass is 16.3. The Hall–Kier alpha value is -5.10. The van der Waals surface area contributed by atoms with E-state index in [1.54, 1.807) is 97.1 Å². The number of phenols is 2. The van der Waals surface area contributed by atoms with E-state index in [1.807, 2.05) is 0 Å². The largest absolute Gasteiger partial charge is 0.507 e. The highest BCUT2D eigenvalue weighted by molar-refractivity contribution is 6.07. The Morgan fingerprint density at radius 3 is 1.35 bits per heavy atom. The molecule has 0 spiro atoms. The van der Waals surface area contributed by atoms with E-state index in [0.717, 1.165) is 11.1 Å². The Labute approximate surface area is 214 Å². The van der Waals surface area contributed by atoms with Crippen LogP contribution in [0.3, 0.4) is 0 Å². The lowest BCUT2D eigenvalue weighted by Gasteiger charge is -2.08. The van der Waals surface area contributed by atoms with Crippen LogP contribution < -0.4 is 11.5 Å². The Morgan fingerprint density at radius 2 is 0.973 bits per heavy atom. The molecule has 0 saturated heterocycles. The van der Waals surface area contributed by atoms with E-state index < -0.39 is 0 Å². The van der Waals surface area contributed by atoms with Crippen molar-refractivity contribution >= 4 is 35.1 Å². The number of nitrogen functional groups attached to an aromatic ring is 2. The molecular formula is C31H26N2O4. The van der Waals surface area contributed by atoms with Crippen molar-refractivity contribution in [2.45, 2.75) is 6.42 Å². The normalized spacial score (nSPS) is 11.2. The van der Waals surface area contributed by atoms with Crippen molar-refractivity contribution in [3.8, 4) is 11.5 Å². The third kappa shape index (κ3) is 6.52. The van der Waals surface area contributed by atoms with Crippen LogP contribution in [0.25, 0.3) is 12.2 Å². The fourth-order valence-electron chi connectivity index (χ4n) is 3.75. The number of phenolic OH excluding ortho intramolecular Hbond substituents is 2. The van der Waals surface area contributed by atoms with Crippen LogP contribution >= 0.6 is 0 Å². The van der Waals surface area contributed by atoms with Crippen LogP contribution in [0.4, 0.5) is 11.4 Å². The van der Waals surface area contributed by atoms with Crippen LogP contribution in [0.15, 0.2) is 97.1 Å². The van der Waals surface area contributed by atoms with Crippen molar-refractivity contribution in [3.05, 3.63) is 130 Å². The SMILES string of the molecule is Nc1ccc(C(=O)/C=C/c2cc(Cc3ccc(O)c(/C=C/C(=O)c4ccc(N)cc4)c3)ccc2O)cc1. The molecule has 0 heterocycles. The van der Waals surface area contributed by atoms with Crippen LogP contribution in [0.5, 0.6) is 11.5 Å². The molecule has 0 fully saturated rings. The molecule has 0 aromatic heterocycles. The molecule has 184 valence electrons. The number of hydrogen-bond donors (Lipinski definition) is 4. The van der Waals surface area contributed by atoms with E-state index in [1.165, 1.54) is 12.2 Å². The van der Waals surface area contributed by atoms with E-state index in [-0.39, 0.29) is 23.1 Å². The number of carbonyl (C=O) groups excluding carboxylic acids is 2. The van der Waals surface area contributed by atoms with Gasteiger partial charge in [-0.1, -0.05) is 12.1 Å². The third-order valence-corrected chi connectivity index (χ3v) is 5.81. The molecule has 37 heavy (non-hydrogen) atoms. The number of aromatic hydroxyl groups is 2. The molecule has 6 N–H and O–H groups in total. The van der Waals surface area contributed by atoms with Crippen LogP contribution in [0.2, 0.25) is 0 Å². The topological polar surface area (TPSA) is 127 Å². The summed E-state index contributed by atoms with van der Waals surface area (Å²) in [5.74, 6) is -0.289. The quantitative estimate of drug-likeness (QED) is 0.144. The molecule has 6 heteroatoms. The number of ketones is 2. The van der Waals surface area contributed by atoms with Crippen molar-refractivity contribution in [3.63, 3.8) is 0 Å². The second-order valence-electron chi connectivity index (χ2n) is 8.60. The molecule has 6 nitrogen and oxygen atoms in total. The van der Waals surface area contributed by atoms with E-state index in [2.05, 4.69) is 0 Å². The lowest BCUT2D eigenvalue weighted by atomic mass is 9.99. The zero-order chi connectivity index (χ0) is 26.4. The van der Waals surface area contributed by atoms with Crippen LogP contribution in [-0.4, -0.2) is 21.8 Å². The van der Waals surface area contributed by atoms with Gasteiger partial charge in [0.25, 0.3) is 0 Å². The standard InChI is InChI=1S/C31H26N2O4/c32-26-9-3-22(4-10-26)28(34)15-7-24-18-20(1-13-30(24)36)17-21-2-14-31(37)25(19-21)8-16-29(35)23-5-11-27(33)12-6-23/h1-16,18-19,36-37H,17,32-33H2/b15-7+,16-8+. The first-order valence-corrected chi connectivity index (χ1v) is 11.6. The van der Waals surface area contributed by atoms with Gasteiger partial charge < -0.3 is 21.7 Å². The predicted molar refractivity (Wildman–Crippen MR) is 147 cm³/mol. The highest BCUT2D eigenvalue weighted by Gasteiger charge is 2.07. The summed E-state index contributed by atoms with van der Waals surface area (Å²) in [7, 11) is 0. The van der Waals surface area contributed by atoms with Gasteiger partial charge in [-0.3, -0.25) is 9.59 Å². The van der Waals surface area contributed by atoms with Gasteiger partial charge in [-0.15, -0.1) is 0 Å². The van der Waals surface area contributed by atoms with Crippen molar-refractivity contribution in [1.82, 2.24) is 0 Å². The number of benzene rings is 4. The maximum absolute atomic E-state index is 12.4. The summed E-state index contributed by atoms with van der Waals surface area (Å²) in [6.07, 6.45) is 6.48. The second-order valence-corrected chi connectivity index (χ2v) is 8.60. The molecule has 0 saturated carbocycles. The Kier molecular flexibility index (Phi) is 7.50. The summed E-state index contributed by atoms with van der Waals surface area (Å²) in [5.41, 5.74) is 16.3. The van der Waals surface area contributed by atoms with Crippen molar-refractivity contribution in [2.24, 2.45) is 0 Å². The molecule has 0 aliphatic heterocycles. The Balaban J connectivity index is 1.49. The molecule has 0 aliphatic rings. The van der Waals surface area contributed by atoms with Gasteiger partial charge in [0.2, 0.25) is 0 Å². The van der Waals surface area contributed by atoms with E-state index >= 15 is 0 Å². The maximum atomic E-state index is 12.4. The molecule has 4 rings (SSSR count). The average Bonchev–Trinajstić information content (AvgIpc) is 2.89. The number of hydrogen-bond acceptors (Lipinski definition) is 6. The van der Waals surface area contributed by atoms with Gasteiger partial charge in [-0.05, 0) is 115 Å². The first-order valence-electron chi connectivity index (χ1n) is 11.6. The van der Waals surface area contributed by atoms with Gasteiger partial charge in [0.15, 0.2) is 11.6 Å². The molecule has 4 aromatic carbocycles. The first-order chi connectivity index (χ1) is 17.8. The molecule has 4 aromatic rings. The summed E-state index contributed by atoms with van der Waals surface area (Å²) in [6, 6.07) is 23.6. The molecule has 0 unspecified atom stereocenters. The van der Waals surface area contributed by atoms with Crippen LogP contribution in [0.1, 0.15) is 43.0 Å². The summed E-state index contributed by atoms with van der Waals surface area (Å²) in [4.78, 5) is 24.9. The molecule has 0 bridgehead atoms. The van der Waals surface area contributed by atoms with Gasteiger partial charge in [0.05, 0.1) is 0 Å². The molecule has 0 atom stereocenters. The minimum atomic E-state index is -0.201. The lowest BCUT2D eigenvalue weighted by Crippen LogP contribution is -1.95. The smallest absolute Gasteiger partial charge is 0.185 e. The lowest BCUT2D eigenvalue weighted by molar-refractivity contribution is 0.103. The fourth-order valence-corrected chi connectivity index (χ4v) is 3.75. The average molecular weight is 491 g/mol. The second kappa shape index (κ2) is 11.1. The number of allylic oxidation sites excluding steroid dienone is 2. The number of rotatable bonds is 8. The maximum Gasteiger partial charge on any atom is 0.185 e. The fraction of sp³-hybridized carbons (Fsp3) is 0.0323.